The van der Waals surface area contributed by atoms with Crippen LogP contribution in [-0.2, 0) is 16.4 Å². The van der Waals surface area contributed by atoms with Gasteiger partial charge in [0.15, 0.2) is 9.84 Å². The Labute approximate surface area is 137 Å². The molecule has 2 saturated heterocycles. The molecular formula is C19H21NO2S. The van der Waals surface area contributed by atoms with Gasteiger partial charge in [-0.15, -0.1) is 0 Å². The van der Waals surface area contributed by atoms with Crippen molar-refractivity contribution in [3.8, 4) is 0 Å². The first-order valence-corrected chi connectivity index (χ1v) is 9.79. The highest BCUT2D eigenvalue weighted by Crippen LogP contribution is 2.43. The van der Waals surface area contributed by atoms with Gasteiger partial charge in [-0.3, -0.25) is 4.90 Å². The molecule has 120 valence electrons. The zero-order valence-electron chi connectivity index (χ0n) is 13.0. The fourth-order valence-electron chi connectivity index (χ4n) is 4.20. The maximum atomic E-state index is 13.0. The smallest absolute Gasteiger partial charge is 0.182 e. The Bertz CT molecular complexity index is 774. The average Bonchev–Trinajstić information content (AvgIpc) is 3.14. The monoisotopic (exact) mass is 327 g/mol. The molecule has 0 radical (unpaired) electrons. The number of nitrogens with zero attached hydrogens (tertiary/aromatic N) is 1. The normalized spacial score (nSPS) is 27.4. The zero-order chi connectivity index (χ0) is 15.9. The molecule has 2 aliphatic rings. The lowest BCUT2D eigenvalue weighted by Crippen LogP contribution is -2.36. The molecule has 2 aromatic carbocycles. The van der Waals surface area contributed by atoms with Crippen LogP contribution >= 0.6 is 0 Å². The van der Waals surface area contributed by atoms with Gasteiger partial charge in [0.05, 0.1) is 10.1 Å². The highest BCUT2D eigenvalue weighted by molar-refractivity contribution is 7.92. The van der Waals surface area contributed by atoms with Crippen molar-refractivity contribution in [2.45, 2.75) is 48.0 Å². The Hall–Kier alpha value is -1.65. The van der Waals surface area contributed by atoms with Crippen molar-refractivity contribution < 1.29 is 8.42 Å². The van der Waals surface area contributed by atoms with Crippen LogP contribution in [0.3, 0.4) is 0 Å². The summed E-state index contributed by atoms with van der Waals surface area (Å²) in [6.07, 6.45) is 2.89. The molecule has 0 unspecified atom stereocenters. The van der Waals surface area contributed by atoms with Gasteiger partial charge in [-0.25, -0.2) is 8.42 Å². The van der Waals surface area contributed by atoms with Gasteiger partial charge in [-0.2, -0.15) is 0 Å². The van der Waals surface area contributed by atoms with Crippen molar-refractivity contribution >= 4 is 9.84 Å². The van der Waals surface area contributed by atoms with Gasteiger partial charge in [0.25, 0.3) is 0 Å². The molecule has 4 heteroatoms. The molecule has 0 aromatic heterocycles. The van der Waals surface area contributed by atoms with Gasteiger partial charge in [0, 0.05) is 18.6 Å². The van der Waals surface area contributed by atoms with Gasteiger partial charge in [0.2, 0.25) is 0 Å². The molecule has 0 amide bonds. The van der Waals surface area contributed by atoms with Gasteiger partial charge >= 0.3 is 0 Å². The minimum absolute atomic E-state index is 0.158. The lowest BCUT2D eigenvalue weighted by atomic mass is 10.0. The standard InChI is InChI=1S/C19H21NO2S/c21-23(22,17-9-5-2-6-10-17)19-13-16-11-12-18(19)20(16)14-15-7-3-1-4-8-15/h1-10,16,18-19H,11-14H2/t16-,18+,19-/m0/s1. The minimum atomic E-state index is -3.24. The zero-order valence-corrected chi connectivity index (χ0v) is 13.8. The lowest BCUT2D eigenvalue weighted by Gasteiger charge is -2.24. The Kier molecular flexibility index (Phi) is 3.74. The van der Waals surface area contributed by atoms with Crippen molar-refractivity contribution in [3.63, 3.8) is 0 Å². The molecule has 2 heterocycles. The molecule has 2 bridgehead atoms. The van der Waals surface area contributed by atoms with Gasteiger partial charge in [0.1, 0.15) is 0 Å². The SMILES string of the molecule is O=S(=O)(c1ccccc1)[C@H]1C[C@@H]2CC[C@H]1N2Cc1ccccc1. The van der Waals surface area contributed by atoms with Crippen molar-refractivity contribution in [2.24, 2.45) is 0 Å². The van der Waals surface area contributed by atoms with Crippen LogP contribution < -0.4 is 0 Å². The van der Waals surface area contributed by atoms with Crippen LogP contribution in [0.2, 0.25) is 0 Å². The van der Waals surface area contributed by atoms with Crippen LogP contribution in [0.15, 0.2) is 65.6 Å². The summed E-state index contributed by atoms with van der Waals surface area (Å²) in [7, 11) is -3.24. The van der Waals surface area contributed by atoms with E-state index in [2.05, 4.69) is 17.0 Å². The van der Waals surface area contributed by atoms with Gasteiger partial charge < -0.3 is 0 Å². The van der Waals surface area contributed by atoms with E-state index in [9.17, 15) is 8.42 Å². The average molecular weight is 327 g/mol. The largest absolute Gasteiger partial charge is 0.292 e. The van der Waals surface area contributed by atoms with E-state index in [1.165, 1.54) is 5.56 Å². The molecule has 2 fully saturated rings. The van der Waals surface area contributed by atoms with Crippen LogP contribution in [0.5, 0.6) is 0 Å². The maximum absolute atomic E-state index is 13.0. The Morgan fingerprint density at radius 2 is 1.57 bits per heavy atom. The van der Waals surface area contributed by atoms with Crippen molar-refractivity contribution in [2.75, 3.05) is 0 Å². The molecule has 23 heavy (non-hydrogen) atoms. The van der Waals surface area contributed by atoms with E-state index in [-0.39, 0.29) is 11.3 Å². The van der Waals surface area contributed by atoms with Crippen molar-refractivity contribution in [1.29, 1.82) is 0 Å². The molecule has 3 atom stereocenters. The molecule has 0 N–H and O–H groups in total. The molecule has 0 aliphatic carbocycles. The highest BCUT2D eigenvalue weighted by Gasteiger charge is 2.51. The maximum Gasteiger partial charge on any atom is 0.182 e. The summed E-state index contributed by atoms with van der Waals surface area (Å²) >= 11 is 0. The van der Waals surface area contributed by atoms with Crippen molar-refractivity contribution in [3.05, 3.63) is 66.2 Å². The summed E-state index contributed by atoms with van der Waals surface area (Å²) in [6, 6.07) is 19.9. The topological polar surface area (TPSA) is 37.4 Å². The third kappa shape index (κ3) is 2.60. The Morgan fingerprint density at radius 3 is 2.26 bits per heavy atom. The third-order valence-electron chi connectivity index (χ3n) is 5.30. The van der Waals surface area contributed by atoms with Gasteiger partial charge in [-0.1, -0.05) is 48.5 Å². The molecule has 0 spiro atoms. The fourth-order valence-corrected chi connectivity index (χ4v) is 6.27. The fraction of sp³-hybridized carbons (Fsp3) is 0.368. The van der Waals surface area contributed by atoms with Crippen LogP contribution in [0, 0.1) is 0 Å². The highest BCUT2D eigenvalue weighted by atomic mass is 32.2. The second kappa shape index (κ2) is 5.77. The first-order valence-electron chi connectivity index (χ1n) is 8.25. The van der Waals surface area contributed by atoms with Gasteiger partial charge in [-0.05, 0) is 37.0 Å². The van der Waals surface area contributed by atoms with E-state index in [1.54, 1.807) is 12.1 Å². The molecule has 4 rings (SSSR count). The predicted molar refractivity (Wildman–Crippen MR) is 90.8 cm³/mol. The van der Waals surface area contributed by atoms with E-state index >= 15 is 0 Å². The summed E-state index contributed by atoms with van der Waals surface area (Å²) < 4.78 is 26.0. The summed E-state index contributed by atoms with van der Waals surface area (Å²) in [6.45, 7) is 0.858. The van der Waals surface area contributed by atoms with E-state index in [4.69, 9.17) is 0 Å². The van der Waals surface area contributed by atoms with Crippen LogP contribution in [0.4, 0.5) is 0 Å². The molecule has 0 saturated carbocycles. The second-order valence-corrected chi connectivity index (χ2v) is 8.76. The molecule has 2 aliphatic heterocycles. The number of hydrogen-bond acceptors (Lipinski definition) is 3. The van der Waals surface area contributed by atoms with Crippen molar-refractivity contribution in [1.82, 2.24) is 4.90 Å². The number of benzene rings is 2. The van der Waals surface area contributed by atoms with E-state index in [1.807, 2.05) is 36.4 Å². The summed E-state index contributed by atoms with van der Waals surface area (Å²) in [5.41, 5.74) is 1.27. The first-order chi connectivity index (χ1) is 11.2. The lowest BCUT2D eigenvalue weighted by molar-refractivity contribution is 0.244. The number of sulfone groups is 1. The Morgan fingerprint density at radius 1 is 0.913 bits per heavy atom. The summed E-state index contributed by atoms with van der Waals surface area (Å²) in [5.74, 6) is 0. The minimum Gasteiger partial charge on any atom is -0.292 e. The Balaban J connectivity index is 1.59. The summed E-state index contributed by atoms with van der Waals surface area (Å²) in [5, 5.41) is -0.257. The van der Waals surface area contributed by atoms with Crippen LogP contribution in [0.1, 0.15) is 24.8 Å². The molecule has 2 aromatic rings. The van der Waals surface area contributed by atoms with E-state index in [0.29, 0.717) is 10.9 Å². The number of hydrogen-bond donors (Lipinski definition) is 0. The predicted octanol–water partition coefficient (Wildman–Crippen LogP) is 3.27. The second-order valence-electron chi connectivity index (χ2n) is 6.59. The first kappa shape index (κ1) is 14.9. The summed E-state index contributed by atoms with van der Waals surface area (Å²) in [4.78, 5) is 2.89. The third-order valence-corrected chi connectivity index (χ3v) is 7.54. The van der Waals surface area contributed by atoms with Crippen LogP contribution in [0.25, 0.3) is 0 Å². The quantitative estimate of drug-likeness (QED) is 0.865. The number of rotatable bonds is 4. The van der Waals surface area contributed by atoms with E-state index in [0.717, 1.165) is 25.8 Å². The molecular weight excluding hydrogens is 306 g/mol. The molecule has 3 nitrogen and oxygen atoms in total. The van der Waals surface area contributed by atoms with Crippen LogP contribution in [-0.4, -0.2) is 30.7 Å². The van der Waals surface area contributed by atoms with E-state index < -0.39 is 9.84 Å². The number of fused-ring (bicyclic) bond motifs is 2.